The van der Waals surface area contributed by atoms with E-state index in [4.69, 9.17) is 0 Å². The Morgan fingerprint density at radius 3 is 2.34 bits per heavy atom. The zero-order valence-electron chi connectivity index (χ0n) is 27.3. The number of unbranched alkanes of at least 4 members (excludes halogenated alkanes) is 1. The maximum Gasteiger partial charge on any atom is 0.326 e. The number of nitrogens with zero attached hydrogens (tertiary/aromatic N) is 2. The van der Waals surface area contributed by atoms with Crippen LogP contribution < -0.4 is 21.1 Å². The molecule has 2 heterocycles. The molecule has 0 atom stereocenters. The van der Waals surface area contributed by atoms with E-state index in [-0.39, 0.29) is 29.0 Å². The van der Waals surface area contributed by atoms with E-state index in [0.717, 1.165) is 46.2 Å². The lowest BCUT2D eigenvalue weighted by molar-refractivity contribution is 0.256. The molecular formula is C37H45N5O2. The minimum absolute atomic E-state index is 0.204. The van der Waals surface area contributed by atoms with Crippen LogP contribution in [0, 0.1) is 11.8 Å². The maximum absolute atomic E-state index is 14.4. The van der Waals surface area contributed by atoms with E-state index in [2.05, 4.69) is 79.2 Å². The number of carbonyl (C=O) groups excluding carboxylic acids is 1. The quantitative estimate of drug-likeness (QED) is 0.172. The van der Waals surface area contributed by atoms with Gasteiger partial charge >= 0.3 is 6.03 Å². The number of H-pyrrole nitrogens is 1. The first-order chi connectivity index (χ1) is 21.0. The molecule has 4 rings (SSSR count). The molecule has 0 aliphatic rings. The van der Waals surface area contributed by atoms with E-state index in [9.17, 15) is 9.59 Å². The Morgan fingerprint density at radius 2 is 1.70 bits per heavy atom. The van der Waals surface area contributed by atoms with Crippen LogP contribution in [-0.4, -0.2) is 35.1 Å². The molecule has 3 N–H and O–H groups in total. The van der Waals surface area contributed by atoms with Crippen molar-refractivity contribution in [2.45, 2.75) is 78.7 Å². The first-order valence-corrected chi connectivity index (χ1v) is 15.5. The zero-order valence-corrected chi connectivity index (χ0v) is 27.3. The summed E-state index contributed by atoms with van der Waals surface area (Å²) in [4.78, 5) is 37.3. The Balaban J connectivity index is 1.94. The number of pyridine rings is 2. The Morgan fingerprint density at radius 1 is 1.02 bits per heavy atom. The number of anilines is 2. The Hall–Kier alpha value is -4.41. The van der Waals surface area contributed by atoms with Gasteiger partial charge in [-0.25, -0.2) is 9.78 Å². The van der Waals surface area contributed by atoms with Crippen molar-refractivity contribution < 1.29 is 4.79 Å². The largest absolute Gasteiger partial charge is 0.326 e. The van der Waals surface area contributed by atoms with Crippen LogP contribution in [0.1, 0.15) is 89.8 Å². The molecule has 0 saturated carbocycles. The summed E-state index contributed by atoms with van der Waals surface area (Å²) in [6.07, 6.45) is 3.24. The van der Waals surface area contributed by atoms with Crippen molar-refractivity contribution in [1.29, 1.82) is 0 Å². The predicted octanol–water partition coefficient (Wildman–Crippen LogP) is 8.03. The highest BCUT2D eigenvalue weighted by Crippen LogP contribution is 2.36. The summed E-state index contributed by atoms with van der Waals surface area (Å²) in [6, 6.07) is 17.4. The van der Waals surface area contributed by atoms with Gasteiger partial charge in [0, 0.05) is 34.9 Å². The van der Waals surface area contributed by atoms with Crippen LogP contribution in [0.25, 0.3) is 22.2 Å². The summed E-state index contributed by atoms with van der Waals surface area (Å²) in [5.41, 5.74) is 5.22. The second kappa shape index (κ2) is 13.9. The molecule has 4 aromatic rings. The molecule has 0 aliphatic heterocycles. The van der Waals surface area contributed by atoms with E-state index in [1.807, 2.05) is 63.4 Å². The van der Waals surface area contributed by atoms with Gasteiger partial charge in [-0.15, -0.1) is 0 Å². The Labute approximate surface area is 261 Å². The summed E-state index contributed by atoms with van der Waals surface area (Å²) in [5.74, 6) is 6.96. The van der Waals surface area contributed by atoms with Crippen LogP contribution in [-0.2, 0) is 0 Å². The van der Waals surface area contributed by atoms with Gasteiger partial charge in [0.1, 0.15) is 11.3 Å². The molecule has 7 heteroatoms. The van der Waals surface area contributed by atoms with Gasteiger partial charge in [0.2, 0.25) is 0 Å². The monoisotopic (exact) mass is 591 g/mol. The minimum Gasteiger partial charge on any atom is -0.307 e. The third-order valence-corrected chi connectivity index (χ3v) is 7.91. The van der Waals surface area contributed by atoms with Crippen LogP contribution in [0.2, 0.25) is 0 Å². The molecule has 0 aliphatic carbocycles. The minimum atomic E-state index is -0.369. The van der Waals surface area contributed by atoms with Crippen LogP contribution in [0.4, 0.5) is 16.2 Å². The Bertz CT molecular complexity index is 1730. The van der Waals surface area contributed by atoms with Gasteiger partial charge in [-0.05, 0) is 80.1 Å². The van der Waals surface area contributed by atoms with Crippen LogP contribution in [0.5, 0.6) is 0 Å². The van der Waals surface area contributed by atoms with Gasteiger partial charge in [-0.1, -0.05) is 83.2 Å². The average molecular weight is 592 g/mol. The summed E-state index contributed by atoms with van der Waals surface area (Å²) in [5, 5.41) is 7.21. The highest BCUT2D eigenvalue weighted by Gasteiger charge is 2.27. The van der Waals surface area contributed by atoms with Crippen molar-refractivity contribution in [3.63, 3.8) is 0 Å². The molecule has 0 spiro atoms. The molecule has 0 unspecified atom stereocenters. The number of urea groups is 1. The van der Waals surface area contributed by atoms with Crippen molar-refractivity contribution in [3.05, 3.63) is 87.8 Å². The number of rotatable bonds is 9. The summed E-state index contributed by atoms with van der Waals surface area (Å²) < 4.78 is 0. The molecule has 44 heavy (non-hydrogen) atoms. The molecule has 7 nitrogen and oxygen atoms in total. The number of aromatic amines is 1. The fourth-order valence-electron chi connectivity index (χ4n) is 5.21. The number of para-hydroxylation sites is 1. The van der Waals surface area contributed by atoms with E-state index in [1.165, 1.54) is 0 Å². The molecule has 230 valence electrons. The fraction of sp³-hybridized carbons (Fsp3) is 0.378. The van der Waals surface area contributed by atoms with Gasteiger partial charge in [-0.3, -0.25) is 9.69 Å². The molecular weight excluding hydrogens is 546 g/mol. The van der Waals surface area contributed by atoms with Crippen LogP contribution in [0.3, 0.4) is 0 Å². The van der Waals surface area contributed by atoms with Crippen molar-refractivity contribution in [1.82, 2.24) is 15.3 Å². The molecule has 0 saturated heterocycles. The second-order valence-corrected chi connectivity index (χ2v) is 12.3. The molecule has 2 amide bonds. The van der Waals surface area contributed by atoms with E-state index >= 15 is 0 Å². The van der Waals surface area contributed by atoms with Gasteiger partial charge in [0.05, 0.1) is 5.54 Å². The van der Waals surface area contributed by atoms with E-state index in [1.54, 1.807) is 11.1 Å². The predicted molar refractivity (Wildman–Crippen MR) is 184 cm³/mol. The molecule has 0 radical (unpaired) electrons. The normalized spacial score (nSPS) is 11.5. The first kappa shape index (κ1) is 32.5. The van der Waals surface area contributed by atoms with Crippen molar-refractivity contribution >= 4 is 28.4 Å². The molecule has 0 bridgehead atoms. The van der Waals surface area contributed by atoms with Crippen molar-refractivity contribution in [2.75, 3.05) is 23.8 Å². The van der Waals surface area contributed by atoms with E-state index < -0.39 is 0 Å². The van der Waals surface area contributed by atoms with Gasteiger partial charge in [0.15, 0.2) is 0 Å². The lowest BCUT2D eigenvalue weighted by atomic mass is 9.92. The standard InChI is InChI=1S/C37H45N5O2/c1-9-10-22-42(36(44)40-32-28(24(2)3)16-12-17-29(32)25(4)5)33-31(30-18-13-21-39-34(30)41-35(33)43)27-15-11-14-26(23-27)19-20-37(6,7)38-8/h11-18,21,23-25,38H,9-10,22H2,1-8H3,(H,40,44)(H,39,41,43). The average Bonchev–Trinajstić information content (AvgIpc) is 3.00. The number of nitrogens with one attached hydrogen (secondary N) is 3. The van der Waals surface area contributed by atoms with Crippen LogP contribution in [0.15, 0.2) is 65.6 Å². The zero-order chi connectivity index (χ0) is 32.0. The summed E-state index contributed by atoms with van der Waals surface area (Å²) >= 11 is 0. The lowest BCUT2D eigenvalue weighted by Crippen LogP contribution is -2.40. The fourth-order valence-corrected chi connectivity index (χ4v) is 5.21. The lowest BCUT2D eigenvalue weighted by Gasteiger charge is -2.28. The topological polar surface area (TPSA) is 90.1 Å². The number of carbonyl (C=O) groups is 1. The highest BCUT2D eigenvalue weighted by atomic mass is 16.2. The number of aromatic nitrogens is 2. The number of hydrogen-bond donors (Lipinski definition) is 3. The SMILES string of the molecule is CCCCN(C(=O)Nc1c(C(C)C)cccc1C(C)C)c1c(-c2cccc(C#CC(C)(C)NC)c2)c2cccnc2[nH]c1=O. The maximum atomic E-state index is 14.4. The van der Waals surface area contributed by atoms with Crippen molar-refractivity contribution in [2.24, 2.45) is 0 Å². The van der Waals surface area contributed by atoms with Crippen LogP contribution >= 0.6 is 0 Å². The van der Waals surface area contributed by atoms with Gasteiger partial charge in [0.25, 0.3) is 5.56 Å². The van der Waals surface area contributed by atoms with Gasteiger partial charge in [-0.2, -0.15) is 0 Å². The number of benzene rings is 2. The highest BCUT2D eigenvalue weighted by molar-refractivity contribution is 6.09. The van der Waals surface area contributed by atoms with Crippen molar-refractivity contribution in [3.8, 4) is 23.0 Å². The summed E-state index contributed by atoms with van der Waals surface area (Å²) in [6.45, 7) is 15.0. The van der Waals surface area contributed by atoms with E-state index in [0.29, 0.717) is 23.4 Å². The smallest absolute Gasteiger partial charge is 0.307 e. The number of fused-ring (bicyclic) bond motifs is 1. The van der Waals surface area contributed by atoms with Gasteiger partial charge < -0.3 is 15.6 Å². The Kier molecular flexibility index (Phi) is 10.3. The first-order valence-electron chi connectivity index (χ1n) is 15.5. The summed E-state index contributed by atoms with van der Waals surface area (Å²) in [7, 11) is 1.88. The number of amides is 2. The molecule has 2 aromatic heterocycles. The number of hydrogen-bond acceptors (Lipinski definition) is 4. The molecule has 0 fully saturated rings. The third-order valence-electron chi connectivity index (χ3n) is 7.91. The second-order valence-electron chi connectivity index (χ2n) is 12.3. The third kappa shape index (κ3) is 7.20. The molecule has 2 aromatic carbocycles.